The molecule has 1 amide bonds. The molecule has 0 saturated heterocycles. The number of benzene rings is 1. The largest absolute Gasteiger partial charge is 0.493 e. The molecule has 0 bridgehead atoms. The fourth-order valence-electron chi connectivity index (χ4n) is 1.99. The lowest BCUT2D eigenvalue weighted by atomic mass is 10.1. The van der Waals surface area contributed by atoms with Crippen molar-refractivity contribution in [2.45, 2.75) is 19.8 Å². The number of hydrogen-bond donors (Lipinski definition) is 1. The number of methoxy groups -OCH3 is 1. The molecule has 1 N–H and O–H groups in total. The van der Waals surface area contributed by atoms with Crippen molar-refractivity contribution in [2.75, 3.05) is 19.0 Å². The van der Waals surface area contributed by atoms with E-state index in [0.717, 1.165) is 5.56 Å². The standard InChI is InChI=1S/C16H18ClN3O3/c1-3-23-12-6-4-11(10-13(12)22-2)5-9-16(21)18-15-8-7-14(17)19-20-15/h4,6-8,10H,3,5,9H2,1-2H3,(H,18,20,21). The number of nitrogens with zero attached hydrogens (tertiary/aromatic N) is 2. The van der Waals surface area contributed by atoms with E-state index in [0.29, 0.717) is 36.8 Å². The first-order valence-electron chi connectivity index (χ1n) is 7.21. The highest BCUT2D eigenvalue weighted by molar-refractivity contribution is 6.29. The van der Waals surface area contributed by atoms with Gasteiger partial charge in [0.2, 0.25) is 5.91 Å². The SMILES string of the molecule is CCOc1ccc(CCC(=O)Nc2ccc(Cl)nn2)cc1OC. The molecule has 2 rings (SSSR count). The lowest BCUT2D eigenvalue weighted by molar-refractivity contribution is -0.116. The molecule has 0 fully saturated rings. The molecule has 0 saturated carbocycles. The Hall–Kier alpha value is -2.34. The highest BCUT2D eigenvalue weighted by Crippen LogP contribution is 2.28. The molecule has 0 aliphatic rings. The fraction of sp³-hybridized carbons (Fsp3) is 0.312. The summed E-state index contributed by atoms with van der Waals surface area (Å²) in [5.74, 6) is 1.59. The molecule has 7 heteroatoms. The van der Waals surface area contributed by atoms with Crippen molar-refractivity contribution in [1.29, 1.82) is 0 Å². The molecule has 0 radical (unpaired) electrons. The monoisotopic (exact) mass is 335 g/mol. The van der Waals surface area contributed by atoms with Crippen LogP contribution in [-0.4, -0.2) is 29.8 Å². The zero-order valence-electron chi connectivity index (χ0n) is 13.0. The summed E-state index contributed by atoms with van der Waals surface area (Å²) in [6.45, 7) is 2.48. The molecule has 0 spiro atoms. The molecular weight excluding hydrogens is 318 g/mol. The maximum atomic E-state index is 11.9. The first-order valence-corrected chi connectivity index (χ1v) is 7.59. The third-order valence-electron chi connectivity index (χ3n) is 3.07. The van der Waals surface area contributed by atoms with Crippen molar-refractivity contribution >= 4 is 23.3 Å². The van der Waals surface area contributed by atoms with Crippen LogP contribution < -0.4 is 14.8 Å². The Morgan fingerprint density at radius 2 is 2.04 bits per heavy atom. The van der Waals surface area contributed by atoms with Gasteiger partial charge in [0, 0.05) is 6.42 Å². The Bertz CT molecular complexity index is 662. The highest BCUT2D eigenvalue weighted by Gasteiger charge is 2.08. The highest BCUT2D eigenvalue weighted by atomic mass is 35.5. The van der Waals surface area contributed by atoms with Gasteiger partial charge in [-0.15, -0.1) is 10.2 Å². The summed E-state index contributed by atoms with van der Waals surface area (Å²) in [6.07, 6.45) is 0.900. The van der Waals surface area contributed by atoms with Crippen LogP contribution in [0.1, 0.15) is 18.9 Å². The topological polar surface area (TPSA) is 73.3 Å². The number of carbonyl (C=O) groups excluding carboxylic acids is 1. The molecule has 0 aliphatic heterocycles. The van der Waals surface area contributed by atoms with Gasteiger partial charge in [-0.05, 0) is 43.2 Å². The molecule has 1 heterocycles. The molecule has 6 nitrogen and oxygen atoms in total. The van der Waals surface area contributed by atoms with Crippen LogP contribution in [0.4, 0.5) is 5.82 Å². The van der Waals surface area contributed by atoms with Gasteiger partial charge in [0.1, 0.15) is 0 Å². The number of halogens is 1. The van der Waals surface area contributed by atoms with Crippen LogP contribution in [0.5, 0.6) is 11.5 Å². The van der Waals surface area contributed by atoms with E-state index in [4.69, 9.17) is 21.1 Å². The van der Waals surface area contributed by atoms with E-state index in [1.807, 2.05) is 25.1 Å². The van der Waals surface area contributed by atoms with Crippen LogP contribution in [-0.2, 0) is 11.2 Å². The van der Waals surface area contributed by atoms with Crippen LogP contribution >= 0.6 is 11.6 Å². The normalized spacial score (nSPS) is 10.2. The minimum absolute atomic E-state index is 0.144. The van der Waals surface area contributed by atoms with Gasteiger partial charge in [-0.3, -0.25) is 4.79 Å². The number of ether oxygens (including phenoxy) is 2. The maximum absolute atomic E-state index is 11.9. The molecule has 1 aromatic carbocycles. The molecule has 0 atom stereocenters. The first kappa shape index (κ1) is 17.0. The molecule has 23 heavy (non-hydrogen) atoms. The van der Waals surface area contributed by atoms with Crippen molar-refractivity contribution in [3.63, 3.8) is 0 Å². The Morgan fingerprint density at radius 3 is 2.70 bits per heavy atom. The average Bonchev–Trinajstić information content (AvgIpc) is 2.56. The quantitative estimate of drug-likeness (QED) is 0.841. The Labute approximate surface area is 139 Å². The zero-order chi connectivity index (χ0) is 16.7. The number of amides is 1. The van der Waals surface area contributed by atoms with Crippen molar-refractivity contribution in [2.24, 2.45) is 0 Å². The van der Waals surface area contributed by atoms with E-state index >= 15 is 0 Å². The van der Waals surface area contributed by atoms with Gasteiger partial charge in [-0.2, -0.15) is 0 Å². The van der Waals surface area contributed by atoms with E-state index in [1.165, 1.54) is 0 Å². The second-order valence-corrected chi connectivity index (χ2v) is 5.09. The molecule has 2 aromatic rings. The molecule has 1 aromatic heterocycles. The van der Waals surface area contributed by atoms with E-state index in [-0.39, 0.29) is 11.1 Å². The number of nitrogens with one attached hydrogen (secondary N) is 1. The predicted molar refractivity (Wildman–Crippen MR) is 88.2 cm³/mol. The minimum Gasteiger partial charge on any atom is -0.493 e. The van der Waals surface area contributed by atoms with E-state index in [1.54, 1.807) is 19.2 Å². The van der Waals surface area contributed by atoms with Crippen molar-refractivity contribution in [3.05, 3.63) is 41.0 Å². The lowest BCUT2D eigenvalue weighted by Crippen LogP contribution is -2.13. The van der Waals surface area contributed by atoms with E-state index in [9.17, 15) is 4.79 Å². The van der Waals surface area contributed by atoms with Crippen LogP contribution in [0.2, 0.25) is 5.15 Å². The van der Waals surface area contributed by atoms with Crippen LogP contribution in [0.25, 0.3) is 0 Å². The number of anilines is 1. The molecule has 0 unspecified atom stereocenters. The van der Waals surface area contributed by atoms with Gasteiger partial charge in [0.15, 0.2) is 22.5 Å². The van der Waals surface area contributed by atoms with Gasteiger partial charge in [-0.1, -0.05) is 17.7 Å². The summed E-state index contributed by atoms with van der Waals surface area (Å²) >= 11 is 5.64. The number of hydrogen-bond acceptors (Lipinski definition) is 5. The Kier molecular flexibility index (Phi) is 6.17. The summed E-state index contributed by atoms with van der Waals surface area (Å²) in [4.78, 5) is 11.9. The maximum Gasteiger partial charge on any atom is 0.225 e. The van der Waals surface area contributed by atoms with Gasteiger partial charge in [0.25, 0.3) is 0 Å². The number of carbonyl (C=O) groups is 1. The van der Waals surface area contributed by atoms with E-state index in [2.05, 4.69) is 15.5 Å². The molecule has 0 aliphatic carbocycles. The van der Waals surface area contributed by atoms with Gasteiger partial charge in [-0.25, -0.2) is 0 Å². The van der Waals surface area contributed by atoms with Gasteiger partial charge >= 0.3 is 0 Å². The average molecular weight is 336 g/mol. The Morgan fingerprint density at radius 1 is 1.22 bits per heavy atom. The summed E-state index contributed by atoms with van der Waals surface area (Å²) < 4.78 is 10.8. The van der Waals surface area contributed by atoms with E-state index < -0.39 is 0 Å². The van der Waals surface area contributed by atoms with Crippen molar-refractivity contribution in [1.82, 2.24) is 10.2 Å². The van der Waals surface area contributed by atoms with Gasteiger partial charge in [0.05, 0.1) is 13.7 Å². The van der Waals surface area contributed by atoms with Gasteiger partial charge < -0.3 is 14.8 Å². The Balaban J connectivity index is 1.92. The lowest BCUT2D eigenvalue weighted by Gasteiger charge is -2.11. The second kappa shape index (κ2) is 8.33. The third-order valence-corrected chi connectivity index (χ3v) is 3.27. The smallest absolute Gasteiger partial charge is 0.225 e. The number of aromatic nitrogens is 2. The molecule has 122 valence electrons. The second-order valence-electron chi connectivity index (χ2n) is 4.71. The predicted octanol–water partition coefficient (Wildman–Crippen LogP) is 3.11. The first-order chi connectivity index (χ1) is 11.1. The summed E-state index contributed by atoms with van der Waals surface area (Å²) in [6, 6.07) is 8.82. The summed E-state index contributed by atoms with van der Waals surface area (Å²) in [5, 5.41) is 10.4. The number of rotatable bonds is 7. The molecular formula is C16H18ClN3O3. The minimum atomic E-state index is -0.144. The fourth-order valence-corrected chi connectivity index (χ4v) is 2.09. The zero-order valence-corrected chi connectivity index (χ0v) is 13.8. The summed E-state index contributed by atoms with van der Waals surface area (Å²) in [5.41, 5.74) is 0.989. The summed E-state index contributed by atoms with van der Waals surface area (Å²) in [7, 11) is 1.59. The number of aryl methyl sites for hydroxylation is 1. The third kappa shape index (κ3) is 5.10. The van der Waals surface area contributed by atoms with Crippen LogP contribution in [0.3, 0.4) is 0 Å². The van der Waals surface area contributed by atoms with Crippen LogP contribution in [0, 0.1) is 0 Å². The van der Waals surface area contributed by atoms with Crippen molar-refractivity contribution in [3.8, 4) is 11.5 Å². The van der Waals surface area contributed by atoms with Crippen molar-refractivity contribution < 1.29 is 14.3 Å². The van der Waals surface area contributed by atoms with Crippen LogP contribution in [0.15, 0.2) is 30.3 Å².